The first-order chi connectivity index (χ1) is 12.4. The summed E-state index contributed by atoms with van der Waals surface area (Å²) >= 11 is 3.73. The molecule has 0 atom stereocenters. The van der Waals surface area contributed by atoms with Crippen LogP contribution < -0.4 is 11.1 Å². The number of carbonyl (C=O) groups is 1. The lowest BCUT2D eigenvalue weighted by Crippen LogP contribution is -2.14. The lowest BCUT2D eigenvalue weighted by Gasteiger charge is -2.13. The van der Waals surface area contributed by atoms with Gasteiger partial charge in [-0.05, 0) is 41.5 Å². The van der Waals surface area contributed by atoms with Crippen molar-refractivity contribution in [3.8, 4) is 0 Å². The van der Waals surface area contributed by atoms with Gasteiger partial charge in [0.05, 0.1) is 10.1 Å². The zero-order valence-electron chi connectivity index (χ0n) is 13.7. The second kappa shape index (κ2) is 7.94. The number of hydrogen-bond donors (Lipinski definition) is 2. The Kier molecular flexibility index (Phi) is 5.84. The Balaban J connectivity index is 1.77. The molecule has 1 fully saturated rings. The largest absolute Gasteiger partial charge is 0.416 e. The molecule has 3 rings (SSSR count). The maximum atomic E-state index is 13.0. The number of carbonyl (C=O) groups excluding carboxylic acids is 1. The van der Waals surface area contributed by atoms with E-state index in [9.17, 15) is 18.0 Å². The number of anilines is 1. The van der Waals surface area contributed by atoms with Crippen molar-refractivity contribution in [1.82, 2.24) is 0 Å². The van der Waals surface area contributed by atoms with Gasteiger partial charge in [0.25, 0.3) is 5.91 Å². The molecule has 0 saturated carbocycles. The molecule has 0 bridgehead atoms. The van der Waals surface area contributed by atoms with E-state index in [1.165, 1.54) is 6.07 Å². The fraction of sp³-hybridized carbons (Fsp3) is 0.278. The molecule has 0 aromatic heterocycles. The third kappa shape index (κ3) is 4.55. The maximum absolute atomic E-state index is 13.0. The molecule has 1 amide bonds. The van der Waals surface area contributed by atoms with Crippen LogP contribution in [0.2, 0.25) is 0 Å². The van der Waals surface area contributed by atoms with E-state index in [1.54, 1.807) is 12.1 Å². The zero-order chi connectivity index (χ0) is 18.7. The monoisotopic (exact) mass is 398 g/mol. The molecule has 3 nitrogen and oxygen atoms in total. The van der Waals surface area contributed by atoms with E-state index in [-0.39, 0.29) is 12.2 Å². The van der Waals surface area contributed by atoms with E-state index >= 15 is 0 Å². The number of rotatable bonds is 4. The van der Waals surface area contributed by atoms with Crippen LogP contribution in [0.4, 0.5) is 18.9 Å². The normalized spacial score (nSPS) is 15.2. The van der Waals surface area contributed by atoms with Crippen LogP contribution in [0.3, 0.4) is 0 Å². The summed E-state index contributed by atoms with van der Waals surface area (Å²) in [6, 6.07) is 10.5. The summed E-state index contributed by atoms with van der Waals surface area (Å²) in [6.07, 6.45) is -4.50. The molecule has 26 heavy (non-hydrogen) atoms. The maximum Gasteiger partial charge on any atom is 0.416 e. The van der Waals surface area contributed by atoms with Crippen molar-refractivity contribution >= 4 is 35.1 Å². The quantitative estimate of drug-likeness (QED) is 0.770. The number of nitrogens with one attached hydrogen (secondary N) is 1. The first-order valence-electron chi connectivity index (χ1n) is 7.92. The molecular formula is C18H17F3N2OS2. The fourth-order valence-corrected chi connectivity index (χ4v) is 5.45. The number of alkyl halides is 3. The standard InChI is InChI=1S/C18H17F3N2OS2/c19-18(20,21)14-7-11(10-22)8-15(9-14)23-16(24)12-1-3-13(4-2-12)17-25-5-6-26-17/h1-4,7-9,17H,5-6,10,22H2,(H,23,24). The van der Waals surface area contributed by atoms with E-state index in [4.69, 9.17) is 5.73 Å². The lowest BCUT2D eigenvalue weighted by atomic mass is 10.1. The number of halogens is 3. The van der Waals surface area contributed by atoms with Gasteiger partial charge < -0.3 is 11.1 Å². The second-order valence-electron chi connectivity index (χ2n) is 5.77. The molecule has 138 valence electrons. The van der Waals surface area contributed by atoms with Crippen LogP contribution in [-0.2, 0) is 12.7 Å². The Labute approximate surface area is 157 Å². The fourth-order valence-electron chi connectivity index (χ4n) is 2.59. The minimum Gasteiger partial charge on any atom is -0.326 e. The number of benzene rings is 2. The molecular weight excluding hydrogens is 381 g/mol. The predicted octanol–water partition coefficient (Wildman–Crippen LogP) is 4.90. The van der Waals surface area contributed by atoms with Crippen molar-refractivity contribution in [3.05, 3.63) is 64.7 Å². The molecule has 2 aromatic carbocycles. The molecule has 1 heterocycles. The van der Waals surface area contributed by atoms with Gasteiger partial charge in [0.1, 0.15) is 0 Å². The van der Waals surface area contributed by atoms with Gasteiger partial charge in [-0.3, -0.25) is 4.79 Å². The predicted molar refractivity (Wildman–Crippen MR) is 101 cm³/mol. The Morgan fingerprint density at radius 3 is 2.35 bits per heavy atom. The Morgan fingerprint density at radius 2 is 1.77 bits per heavy atom. The highest BCUT2D eigenvalue weighted by Crippen LogP contribution is 2.45. The van der Waals surface area contributed by atoms with E-state index < -0.39 is 17.6 Å². The van der Waals surface area contributed by atoms with Gasteiger partial charge in [0.15, 0.2) is 0 Å². The van der Waals surface area contributed by atoms with Gasteiger partial charge in [-0.25, -0.2) is 0 Å². The van der Waals surface area contributed by atoms with Gasteiger partial charge in [-0.1, -0.05) is 12.1 Å². The van der Waals surface area contributed by atoms with Gasteiger partial charge in [-0.2, -0.15) is 13.2 Å². The first kappa shape index (κ1) is 19.1. The molecule has 0 unspecified atom stereocenters. The number of hydrogen-bond acceptors (Lipinski definition) is 4. The molecule has 0 radical (unpaired) electrons. The van der Waals surface area contributed by atoms with Crippen molar-refractivity contribution in [2.45, 2.75) is 17.3 Å². The van der Waals surface area contributed by atoms with Crippen LogP contribution in [0, 0.1) is 0 Å². The van der Waals surface area contributed by atoms with Crippen molar-refractivity contribution in [3.63, 3.8) is 0 Å². The van der Waals surface area contributed by atoms with Crippen LogP contribution in [0.5, 0.6) is 0 Å². The first-order valence-corrected chi connectivity index (χ1v) is 10.0. The SMILES string of the molecule is NCc1cc(NC(=O)c2ccc(C3SCCS3)cc2)cc(C(F)(F)F)c1. The van der Waals surface area contributed by atoms with Crippen LogP contribution in [0.1, 0.15) is 31.6 Å². The minimum atomic E-state index is -4.50. The van der Waals surface area contributed by atoms with Crippen LogP contribution in [-0.4, -0.2) is 17.4 Å². The van der Waals surface area contributed by atoms with Gasteiger partial charge in [0, 0.05) is 29.3 Å². The summed E-state index contributed by atoms with van der Waals surface area (Å²) in [5, 5.41) is 2.53. The van der Waals surface area contributed by atoms with Crippen molar-refractivity contribution in [2.24, 2.45) is 5.73 Å². The number of nitrogens with two attached hydrogens (primary N) is 1. The molecule has 2 aromatic rings. The number of thioether (sulfide) groups is 2. The molecule has 8 heteroatoms. The highest BCUT2D eigenvalue weighted by Gasteiger charge is 2.31. The van der Waals surface area contributed by atoms with E-state index in [0.29, 0.717) is 15.7 Å². The average Bonchev–Trinajstić information content (AvgIpc) is 3.15. The van der Waals surface area contributed by atoms with Crippen LogP contribution in [0.25, 0.3) is 0 Å². The average molecular weight is 398 g/mol. The van der Waals surface area contributed by atoms with E-state index in [0.717, 1.165) is 29.2 Å². The molecule has 1 aliphatic heterocycles. The summed E-state index contributed by atoms with van der Waals surface area (Å²) < 4.78 is 39.3. The molecule has 1 aliphatic rings. The van der Waals surface area contributed by atoms with Gasteiger partial charge in [0.2, 0.25) is 0 Å². The molecule has 3 N–H and O–H groups in total. The molecule has 0 aliphatic carbocycles. The summed E-state index contributed by atoms with van der Waals surface area (Å²) in [5.41, 5.74) is 6.55. The summed E-state index contributed by atoms with van der Waals surface area (Å²) in [6.45, 7) is -0.0434. The van der Waals surface area contributed by atoms with Crippen LogP contribution in [0.15, 0.2) is 42.5 Å². The molecule has 1 saturated heterocycles. The summed E-state index contributed by atoms with van der Waals surface area (Å²) in [4.78, 5) is 12.4. The highest BCUT2D eigenvalue weighted by molar-refractivity contribution is 8.19. The van der Waals surface area contributed by atoms with Crippen molar-refractivity contribution in [2.75, 3.05) is 16.8 Å². The van der Waals surface area contributed by atoms with Crippen molar-refractivity contribution < 1.29 is 18.0 Å². The lowest BCUT2D eigenvalue weighted by molar-refractivity contribution is -0.137. The molecule has 0 spiro atoms. The van der Waals surface area contributed by atoms with E-state index in [2.05, 4.69) is 5.32 Å². The number of amides is 1. The smallest absolute Gasteiger partial charge is 0.326 e. The third-order valence-corrected chi connectivity index (χ3v) is 6.98. The van der Waals surface area contributed by atoms with Crippen LogP contribution >= 0.6 is 23.5 Å². The topological polar surface area (TPSA) is 55.1 Å². The summed E-state index contributed by atoms with van der Waals surface area (Å²) in [5.74, 6) is 1.76. The second-order valence-corrected chi connectivity index (χ2v) is 8.49. The third-order valence-electron chi connectivity index (χ3n) is 3.88. The van der Waals surface area contributed by atoms with Crippen molar-refractivity contribution in [1.29, 1.82) is 0 Å². The zero-order valence-corrected chi connectivity index (χ0v) is 15.3. The van der Waals surface area contributed by atoms with Gasteiger partial charge in [-0.15, -0.1) is 23.5 Å². The van der Waals surface area contributed by atoms with E-state index in [1.807, 2.05) is 35.7 Å². The van der Waals surface area contributed by atoms with Gasteiger partial charge >= 0.3 is 6.18 Å². The Morgan fingerprint density at radius 1 is 1.12 bits per heavy atom. The Hall–Kier alpha value is -1.64. The summed E-state index contributed by atoms with van der Waals surface area (Å²) in [7, 11) is 0. The Bertz CT molecular complexity index is 788. The minimum absolute atomic E-state index is 0.0434. The highest BCUT2D eigenvalue weighted by atomic mass is 32.2.